The molecule has 0 radical (unpaired) electrons. The smallest absolute Gasteiger partial charge is 0.00199 e. The molecule has 176 valence electrons. The summed E-state index contributed by atoms with van der Waals surface area (Å²) in [5.41, 5.74) is 5.19. The molecule has 0 unspecified atom stereocenters. The van der Waals surface area contributed by atoms with Gasteiger partial charge in [0.2, 0.25) is 0 Å². The molecule has 0 spiro atoms. The van der Waals surface area contributed by atoms with Gasteiger partial charge in [-0.1, -0.05) is 146 Å². The van der Waals surface area contributed by atoms with Gasteiger partial charge in [0, 0.05) is 0 Å². The van der Waals surface area contributed by atoms with Crippen LogP contribution in [0.3, 0.4) is 0 Å². The molecular formula is C38H24. The fourth-order valence-electron chi connectivity index (χ4n) is 6.42. The highest BCUT2D eigenvalue weighted by atomic mass is 14.2. The quantitative estimate of drug-likeness (QED) is 0.170. The Morgan fingerprint density at radius 3 is 1.26 bits per heavy atom. The predicted octanol–water partition coefficient (Wildman–Crippen LogP) is 10.8. The largest absolute Gasteiger partial charge is 0.0616 e. The molecule has 0 aliphatic rings. The van der Waals surface area contributed by atoms with E-state index in [9.17, 15) is 0 Å². The highest BCUT2D eigenvalue weighted by Gasteiger charge is 2.19. The molecule has 0 aromatic heterocycles. The van der Waals surface area contributed by atoms with E-state index in [-0.39, 0.29) is 0 Å². The first-order chi connectivity index (χ1) is 18.9. The molecule has 0 amide bonds. The zero-order valence-corrected chi connectivity index (χ0v) is 20.9. The fraction of sp³-hybridized carbons (Fsp3) is 0. The Balaban J connectivity index is 1.59. The molecule has 0 aliphatic carbocycles. The third-order valence-electron chi connectivity index (χ3n) is 8.03. The number of benzene rings is 8. The van der Waals surface area contributed by atoms with Gasteiger partial charge in [0.05, 0.1) is 0 Å². The van der Waals surface area contributed by atoms with Gasteiger partial charge in [0.1, 0.15) is 0 Å². The van der Waals surface area contributed by atoms with Gasteiger partial charge in [0.15, 0.2) is 0 Å². The zero-order valence-electron chi connectivity index (χ0n) is 20.9. The lowest BCUT2D eigenvalue weighted by Gasteiger charge is -2.20. The maximum Gasteiger partial charge on any atom is -0.00199 e. The van der Waals surface area contributed by atoms with Crippen LogP contribution < -0.4 is 0 Å². The van der Waals surface area contributed by atoms with Crippen molar-refractivity contribution < 1.29 is 0 Å². The van der Waals surface area contributed by atoms with Crippen molar-refractivity contribution in [1.29, 1.82) is 0 Å². The SMILES string of the molecule is c1ccc2c(-c3c4ccccc4c(-c4cccc5ccc6ccccc6c45)c4ccccc34)cccc2c1. The van der Waals surface area contributed by atoms with Crippen LogP contribution in [0.4, 0.5) is 0 Å². The van der Waals surface area contributed by atoms with Gasteiger partial charge in [-0.05, 0) is 76.1 Å². The molecule has 0 N–H and O–H groups in total. The molecule has 0 heterocycles. The zero-order chi connectivity index (χ0) is 25.1. The highest BCUT2D eigenvalue weighted by molar-refractivity contribution is 6.27. The Bertz CT molecular complexity index is 2120. The van der Waals surface area contributed by atoms with Crippen LogP contribution in [0, 0.1) is 0 Å². The van der Waals surface area contributed by atoms with Crippen molar-refractivity contribution in [2.45, 2.75) is 0 Å². The van der Waals surface area contributed by atoms with Crippen molar-refractivity contribution in [2.75, 3.05) is 0 Å². The lowest BCUT2D eigenvalue weighted by molar-refractivity contribution is 1.69. The summed E-state index contributed by atoms with van der Waals surface area (Å²) in [5, 5.41) is 12.9. The molecule has 0 bridgehead atoms. The first kappa shape index (κ1) is 21.2. The van der Waals surface area contributed by atoms with E-state index in [1.165, 1.54) is 76.1 Å². The van der Waals surface area contributed by atoms with E-state index in [4.69, 9.17) is 0 Å². The van der Waals surface area contributed by atoms with Crippen molar-refractivity contribution >= 4 is 53.9 Å². The minimum atomic E-state index is 1.27. The summed E-state index contributed by atoms with van der Waals surface area (Å²) in [6.45, 7) is 0. The summed E-state index contributed by atoms with van der Waals surface area (Å²) in [7, 11) is 0. The first-order valence-electron chi connectivity index (χ1n) is 13.2. The van der Waals surface area contributed by atoms with Crippen molar-refractivity contribution in [1.82, 2.24) is 0 Å². The molecule has 8 aromatic carbocycles. The average Bonchev–Trinajstić information content (AvgIpc) is 2.99. The van der Waals surface area contributed by atoms with Crippen LogP contribution in [-0.2, 0) is 0 Å². The molecule has 0 aliphatic heterocycles. The van der Waals surface area contributed by atoms with Crippen LogP contribution in [0.5, 0.6) is 0 Å². The summed E-state index contributed by atoms with van der Waals surface area (Å²) in [6, 6.07) is 53.3. The van der Waals surface area contributed by atoms with Crippen LogP contribution in [0.15, 0.2) is 146 Å². The van der Waals surface area contributed by atoms with Gasteiger partial charge in [0.25, 0.3) is 0 Å². The first-order valence-corrected chi connectivity index (χ1v) is 13.2. The molecule has 0 nitrogen and oxygen atoms in total. The van der Waals surface area contributed by atoms with E-state index >= 15 is 0 Å². The lowest BCUT2D eigenvalue weighted by Crippen LogP contribution is -1.92. The third kappa shape index (κ3) is 3.04. The molecule has 8 aromatic rings. The van der Waals surface area contributed by atoms with Crippen LogP contribution in [-0.4, -0.2) is 0 Å². The molecule has 0 saturated heterocycles. The van der Waals surface area contributed by atoms with E-state index in [1.54, 1.807) is 0 Å². The van der Waals surface area contributed by atoms with Gasteiger partial charge in [-0.25, -0.2) is 0 Å². The monoisotopic (exact) mass is 480 g/mol. The summed E-state index contributed by atoms with van der Waals surface area (Å²) in [5.74, 6) is 0. The van der Waals surface area contributed by atoms with E-state index in [1.807, 2.05) is 0 Å². The lowest BCUT2D eigenvalue weighted by atomic mass is 9.83. The third-order valence-corrected chi connectivity index (χ3v) is 8.03. The van der Waals surface area contributed by atoms with Gasteiger partial charge >= 0.3 is 0 Å². The van der Waals surface area contributed by atoms with E-state index in [2.05, 4.69) is 146 Å². The Hall–Kier alpha value is -4.94. The maximum absolute atomic E-state index is 2.31. The normalized spacial score (nSPS) is 11.7. The van der Waals surface area contributed by atoms with Gasteiger partial charge in [-0.3, -0.25) is 0 Å². The molecule has 0 heteroatoms. The fourth-order valence-corrected chi connectivity index (χ4v) is 6.42. The van der Waals surface area contributed by atoms with Crippen molar-refractivity contribution in [3.63, 3.8) is 0 Å². The number of rotatable bonds is 2. The second-order valence-corrected chi connectivity index (χ2v) is 10.1. The second kappa shape index (κ2) is 8.30. The van der Waals surface area contributed by atoms with E-state index in [0.29, 0.717) is 0 Å². The van der Waals surface area contributed by atoms with Crippen LogP contribution in [0.1, 0.15) is 0 Å². The molecule has 0 saturated carbocycles. The van der Waals surface area contributed by atoms with Crippen molar-refractivity contribution in [2.24, 2.45) is 0 Å². The standard InChI is InChI=1S/C38H24/c1-3-15-28-25(11-1)13-9-21-30(28)37-31-17-5-7-19-33(31)38(34-20-8-6-18-32(34)37)35-22-10-14-27-24-23-26-12-2-4-16-29(26)36(27)35/h1-24H. The number of hydrogen-bond donors (Lipinski definition) is 0. The minimum absolute atomic E-state index is 1.27. The summed E-state index contributed by atoms with van der Waals surface area (Å²) in [6.07, 6.45) is 0. The summed E-state index contributed by atoms with van der Waals surface area (Å²) < 4.78 is 0. The van der Waals surface area contributed by atoms with Crippen molar-refractivity contribution in [3.05, 3.63) is 146 Å². The van der Waals surface area contributed by atoms with Gasteiger partial charge in [-0.15, -0.1) is 0 Å². The highest BCUT2D eigenvalue weighted by Crippen LogP contribution is 2.47. The average molecular weight is 481 g/mol. The Morgan fingerprint density at radius 1 is 0.237 bits per heavy atom. The van der Waals surface area contributed by atoms with Crippen LogP contribution >= 0.6 is 0 Å². The Morgan fingerprint density at radius 2 is 0.632 bits per heavy atom. The second-order valence-electron chi connectivity index (χ2n) is 10.1. The maximum atomic E-state index is 2.31. The number of hydrogen-bond acceptors (Lipinski definition) is 0. The molecule has 0 fully saturated rings. The van der Waals surface area contributed by atoms with Gasteiger partial charge < -0.3 is 0 Å². The molecule has 38 heavy (non-hydrogen) atoms. The topological polar surface area (TPSA) is 0 Å². The summed E-state index contributed by atoms with van der Waals surface area (Å²) in [4.78, 5) is 0. The predicted molar refractivity (Wildman–Crippen MR) is 165 cm³/mol. The van der Waals surface area contributed by atoms with Gasteiger partial charge in [-0.2, -0.15) is 0 Å². The molecule has 0 atom stereocenters. The number of fused-ring (bicyclic) bond motifs is 6. The summed E-state index contributed by atoms with van der Waals surface area (Å²) >= 11 is 0. The van der Waals surface area contributed by atoms with Crippen LogP contribution in [0.25, 0.3) is 76.1 Å². The van der Waals surface area contributed by atoms with E-state index < -0.39 is 0 Å². The molecule has 8 rings (SSSR count). The Kier molecular flexibility index (Phi) is 4.62. The van der Waals surface area contributed by atoms with E-state index in [0.717, 1.165) is 0 Å². The van der Waals surface area contributed by atoms with Crippen molar-refractivity contribution in [3.8, 4) is 22.3 Å². The minimum Gasteiger partial charge on any atom is -0.0616 e. The Labute approximate surface area is 221 Å². The molecular weight excluding hydrogens is 456 g/mol. The van der Waals surface area contributed by atoms with Crippen LogP contribution in [0.2, 0.25) is 0 Å².